The molecule has 29 heavy (non-hydrogen) atoms. The summed E-state index contributed by atoms with van der Waals surface area (Å²) in [5.74, 6) is -1.50. The van der Waals surface area contributed by atoms with Crippen molar-refractivity contribution in [3.8, 4) is 16.8 Å². The first-order chi connectivity index (χ1) is 14.0. The number of amides is 1. The summed E-state index contributed by atoms with van der Waals surface area (Å²) in [6, 6.07) is 17.9. The fourth-order valence-electron chi connectivity index (χ4n) is 3.86. The Balaban J connectivity index is 1.57. The molecule has 3 aromatic rings. The van der Waals surface area contributed by atoms with Crippen molar-refractivity contribution in [2.75, 3.05) is 0 Å². The summed E-state index contributed by atoms with van der Waals surface area (Å²) in [6.45, 7) is 1.75. The zero-order chi connectivity index (χ0) is 20.4. The molecule has 2 aromatic carbocycles. The fraction of sp³-hybridized carbons (Fsp3) is 0.273. The molecule has 0 atom stereocenters. The third kappa shape index (κ3) is 3.51. The maximum absolute atomic E-state index is 12.7. The number of hydrogen-bond acceptors (Lipinski definition) is 4. The predicted molar refractivity (Wildman–Crippen MR) is 108 cm³/mol. The molecule has 4 rings (SSSR count). The molecule has 1 saturated carbocycles. The minimum atomic E-state index is -1.20. The maximum atomic E-state index is 12.7. The smallest absolute Gasteiger partial charge is 0.329 e. The van der Waals surface area contributed by atoms with E-state index in [9.17, 15) is 14.7 Å². The number of aromatic nitrogens is 3. The molecule has 0 spiro atoms. The van der Waals surface area contributed by atoms with E-state index in [0.29, 0.717) is 18.5 Å². The number of carboxylic acid groups (broad SMARTS) is 1. The lowest BCUT2D eigenvalue weighted by Crippen LogP contribution is -2.52. The second kappa shape index (κ2) is 7.50. The SMILES string of the molecule is Cc1c(C(=O)NC2(C(=O)O)CCCC2)nnn1-c1ccc(-c2ccccc2)cc1. The number of benzene rings is 2. The van der Waals surface area contributed by atoms with E-state index in [2.05, 4.69) is 15.6 Å². The third-order valence-electron chi connectivity index (χ3n) is 5.55. The zero-order valence-electron chi connectivity index (χ0n) is 16.1. The molecule has 0 saturated heterocycles. The number of nitrogens with zero attached hydrogens (tertiary/aromatic N) is 3. The molecule has 7 nitrogen and oxygen atoms in total. The van der Waals surface area contributed by atoms with Crippen LogP contribution in [0.1, 0.15) is 41.9 Å². The Morgan fingerprint density at radius 1 is 1.00 bits per heavy atom. The monoisotopic (exact) mass is 390 g/mol. The van der Waals surface area contributed by atoms with Gasteiger partial charge in [0.15, 0.2) is 5.69 Å². The lowest BCUT2D eigenvalue weighted by Gasteiger charge is -2.24. The molecule has 0 aliphatic heterocycles. The van der Waals surface area contributed by atoms with Gasteiger partial charge in [-0.1, -0.05) is 60.5 Å². The topological polar surface area (TPSA) is 97.1 Å². The average Bonchev–Trinajstić information content (AvgIpc) is 3.36. The number of hydrogen-bond donors (Lipinski definition) is 2. The largest absolute Gasteiger partial charge is 0.480 e. The number of carbonyl (C=O) groups excluding carboxylic acids is 1. The van der Waals surface area contributed by atoms with Gasteiger partial charge in [0.25, 0.3) is 5.91 Å². The van der Waals surface area contributed by atoms with Gasteiger partial charge >= 0.3 is 5.97 Å². The van der Waals surface area contributed by atoms with Crippen LogP contribution in [-0.2, 0) is 4.79 Å². The first-order valence-corrected chi connectivity index (χ1v) is 9.64. The number of aliphatic carboxylic acids is 1. The molecule has 2 N–H and O–H groups in total. The summed E-state index contributed by atoms with van der Waals surface area (Å²) in [5.41, 5.74) is 2.48. The lowest BCUT2D eigenvalue weighted by atomic mass is 9.97. The molecule has 0 unspecified atom stereocenters. The van der Waals surface area contributed by atoms with Crippen molar-refractivity contribution in [2.24, 2.45) is 0 Å². The molecule has 1 amide bonds. The van der Waals surface area contributed by atoms with Gasteiger partial charge in [0, 0.05) is 0 Å². The standard InChI is InChI=1S/C22H22N4O3/c1-15-19(20(27)23-22(21(28)29)13-5-6-14-22)24-25-26(15)18-11-9-17(10-12-18)16-7-3-2-4-8-16/h2-4,7-12H,5-6,13-14H2,1H3,(H,23,27)(H,28,29). The van der Waals surface area contributed by atoms with Crippen molar-refractivity contribution < 1.29 is 14.7 Å². The van der Waals surface area contributed by atoms with E-state index in [1.807, 2.05) is 54.6 Å². The lowest BCUT2D eigenvalue weighted by molar-refractivity contribution is -0.144. The van der Waals surface area contributed by atoms with Gasteiger partial charge in [0.2, 0.25) is 0 Å². The minimum absolute atomic E-state index is 0.143. The Hall–Kier alpha value is -3.48. The van der Waals surface area contributed by atoms with Crippen molar-refractivity contribution >= 4 is 11.9 Å². The van der Waals surface area contributed by atoms with Crippen LogP contribution in [-0.4, -0.2) is 37.5 Å². The molecular formula is C22H22N4O3. The Kier molecular flexibility index (Phi) is 4.88. The van der Waals surface area contributed by atoms with Crippen LogP contribution in [0.4, 0.5) is 0 Å². The maximum Gasteiger partial charge on any atom is 0.329 e. The first kappa shape index (κ1) is 18.9. The summed E-state index contributed by atoms with van der Waals surface area (Å²) < 4.78 is 1.59. The third-order valence-corrected chi connectivity index (χ3v) is 5.55. The molecule has 1 aliphatic carbocycles. The second-order valence-corrected chi connectivity index (χ2v) is 7.40. The van der Waals surface area contributed by atoms with Gasteiger partial charge in [0.1, 0.15) is 5.54 Å². The van der Waals surface area contributed by atoms with Crippen molar-refractivity contribution in [2.45, 2.75) is 38.1 Å². The first-order valence-electron chi connectivity index (χ1n) is 9.64. The van der Waals surface area contributed by atoms with E-state index in [4.69, 9.17) is 0 Å². The van der Waals surface area contributed by atoms with Gasteiger partial charge in [-0.3, -0.25) is 4.79 Å². The molecule has 0 bridgehead atoms. The van der Waals surface area contributed by atoms with Crippen LogP contribution in [0.5, 0.6) is 0 Å². The molecule has 1 aliphatic rings. The molecule has 1 aromatic heterocycles. The molecule has 0 radical (unpaired) electrons. The number of carbonyl (C=O) groups is 2. The van der Waals surface area contributed by atoms with Crippen molar-refractivity contribution in [3.63, 3.8) is 0 Å². The van der Waals surface area contributed by atoms with Crippen LogP contribution in [0.3, 0.4) is 0 Å². The summed E-state index contributed by atoms with van der Waals surface area (Å²) in [6.07, 6.45) is 2.43. The van der Waals surface area contributed by atoms with Gasteiger partial charge < -0.3 is 10.4 Å². The minimum Gasteiger partial charge on any atom is -0.480 e. The zero-order valence-corrected chi connectivity index (χ0v) is 16.1. The Morgan fingerprint density at radius 3 is 2.24 bits per heavy atom. The number of rotatable bonds is 5. The Bertz CT molecular complexity index is 1040. The van der Waals surface area contributed by atoms with Crippen LogP contribution in [0.25, 0.3) is 16.8 Å². The van der Waals surface area contributed by atoms with Gasteiger partial charge in [-0.05, 0) is 43.0 Å². The molecule has 1 heterocycles. The Labute approximate surface area is 168 Å². The van der Waals surface area contributed by atoms with E-state index in [-0.39, 0.29) is 5.69 Å². The van der Waals surface area contributed by atoms with Crippen LogP contribution < -0.4 is 5.32 Å². The van der Waals surface area contributed by atoms with Crippen LogP contribution in [0.15, 0.2) is 54.6 Å². The van der Waals surface area contributed by atoms with E-state index < -0.39 is 17.4 Å². The van der Waals surface area contributed by atoms with Gasteiger partial charge in [-0.15, -0.1) is 5.10 Å². The van der Waals surface area contributed by atoms with E-state index in [0.717, 1.165) is 29.7 Å². The van der Waals surface area contributed by atoms with Crippen molar-refractivity contribution in [1.29, 1.82) is 0 Å². The van der Waals surface area contributed by atoms with Crippen LogP contribution >= 0.6 is 0 Å². The van der Waals surface area contributed by atoms with Crippen LogP contribution in [0.2, 0.25) is 0 Å². The van der Waals surface area contributed by atoms with E-state index >= 15 is 0 Å². The highest BCUT2D eigenvalue weighted by Gasteiger charge is 2.43. The molecular weight excluding hydrogens is 368 g/mol. The highest BCUT2D eigenvalue weighted by molar-refractivity contribution is 5.97. The molecule has 1 fully saturated rings. The number of carboxylic acids is 1. The quantitative estimate of drug-likeness (QED) is 0.696. The van der Waals surface area contributed by atoms with Gasteiger partial charge in [-0.2, -0.15) is 0 Å². The van der Waals surface area contributed by atoms with E-state index in [1.54, 1.807) is 11.6 Å². The number of nitrogens with one attached hydrogen (secondary N) is 1. The van der Waals surface area contributed by atoms with Crippen molar-refractivity contribution in [3.05, 3.63) is 66.0 Å². The molecule has 148 valence electrons. The average molecular weight is 390 g/mol. The van der Waals surface area contributed by atoms with Crippen molar-refractivity contribution in [1.82, 2.24) is 20.3 Å². The van der Waals surface area contributed by atoms with Gasteiger partial charge in [0.05, 0.1) is 11.4 Å². The van der Waals surface area contributed by atoms with E-state index in [1.165, 1.54) is 0 Å². The highest BCUT2D eigenvalue weighted by atomic mass is 16.4. The summed E-state index contributed by atoms with van der Waals surface area (Å²) in [5, 5.41) is 20.4. The summed E-state index contributed by atoms with van der Waals surface area (Å²) in [7, 11) is 0. The highest BCUT2D eigenvalue weighted by Crippen LogP contribution is 2.30. The van der Waals surface area contributed by atoms with Crippen LogP contribution in [0, 0.1) is 6.92 Å². The predicted octanol–water partition coefficient (Wildman–Crippen LogP) is 3.37. The molecule has 7 heteroatoms. The summed E-state index contributed by atoms with van der Waals surface area (Å²) in [4.78, 5) is 24.4. The van der Waals surface area contributed by atoms with Gasteiger partial charge in [-0.25, -0.2) is 9.48 Å². The second-order valence-electron chi connectivity index (χ2n) is 7.40. The normalized spacial score (nSPS) is 15.2. The fourth-order valence-corrected chi connectivity index (χ4v) is 3.86. The summed E-state index contributed by atoms with van der Waals surface area (Å²) >= 11 is 0. The Morgan fingerprint density at radius 2 is 1.62 bits per heavy atom.